The molecule has 1 heterocycles. The van der Waals surface area contributed by atoms with Gasteiger partial charge in [-0.3, -0.25) is 0 Å². The van der Waals surface area contributed by atoms with Gasteiger partial charge in [-0.15, -0.1) is 0 Å². The molecule has 1 aliphatic rings. The molecule has 0 unspecified atom stereocenters. The Morgan fingerprint density at radius 1 is 1.57 bits per heavy atom. The lowest BCUT2D eigenvalue weighted by Crippen LogP contribution is -2.31. The van der Waals surface area contributed by atoms with Crippen molar-refractivity contribution < 1.29 is 5.21 Å². The minimum absolute atomic E-state index is 0.0363. The fourth-order valence-electron chi connectivity index (χ4n) is 1.54. The second-order valence-electron chi connectivity index (χ2n) is 3.01. The van der Waals surface area contributed by atoms with Gasteiger partial charge in [-0.2, -0.15) is 0 Å². The highest BCUT2D eigenvalue weighted by Crippen LogP contribution is 2.23. The number of hydrogen-bond acceptors (Lipinski definition) is 3. The lowest BCUT2D eigenvalue weighted by atomic mass is 10.2. The highest BCUT2D eigenvalue weighted by Gasteiger charge is 2.27. The van der Waals surface area contributed by atoms with Gasteiger partial charge >= 0.3 is 0 Å². The first-order chi connectivity index (χ1) is 6.66. The van der Waals surface area contributed by atoms with Crippen LogP contribution in [0.4, 0.5) is 0 Å². The molecule has 0 amide bonds. The first-order valence-electron chi connectivity index (χ1n) is 4.96. The first kappa shape index (κ1) is 13.3. The van der Waals surface area contributed by atoms with Gasteiger partial charge in [-0.05, 0) is 19.8 Å². The van der Waals surface area contributed by atoms with Crippen molar-refractivity contribution in [2.75, 3.05) is 6.54 Å². The van der Waals surface area contributed by atoms with E-state index >= 15 is 0 Å². The largest absolute Gasteiger partial charge is 0.410 e. The van der Waals surface area contributed by atoms with Gasteiger partial charge in [-0.1, -0.05) is 37.2 Å². The summed E-state index contributed by atoms with van der Waals surface area (Å²) in [6, 6.07) is 0.0363. The molecule has 0 radical (unpaired) electrons. The Morgan fingerprint density at radius 3 is 2.57 bits per heavy atom. The van der Waals surface area contributed by atoms with Crippen LogP contribution >= 0.6 is 11.6 Å². The minimum Gasteiger partial charge on any atom is -0.410 e. The summed E-state index contributed by atoms with van der Waals surface area (Å²) in [5.41, 5.74) is 0.972. The summed E-state index contributed by atoms with van der Waals surface area (Å²) < 4.78 is 0. The normalized spacial score (nSPS) is 21.6. The van der Waals surface area contributed by atoms with Gasteiger partial charge in [0.1, 0.15) is 0 Å². The average Bonchev–Trinajstić information content (AvgIpc) is 2.68. The number of oxime groups is 1. The molecule has 0 aromatic heterocycles. The third kappa shape index (κ3) is 3.22. The molecule has 14 heavy (non-hydrogen) atoms. The highest BCUT2D eigenvalue weighted by atomic mass is 35.5. The number of likely N-dealkylation sites (tertiary alicyclic amines) is 1. The molecular formula is C10H19ClN2O. The van der Waals surface area contributed by atoms with Crippen molar-refractivity contribution >= 4 is 16.8 Å². The highest BCUT2D eigenvalue weighted by molar-refractivity contribution is 6.66. The number of hydrogen-bond donors (Lipinski definition) is 1. The molecule has 3 nitrogen and oxygen atoms in total. The maximum Gasteiger partial charge on any atom is 0.167 e. The number of nitrogens with zero attached hydrogens (tertiary/aromatic N) is 2. The molecule has 0 aliphatic carbocycles. The molecule has 4 heteroatoms. The van der Waals surface area contributed by atoms with Crippen LogP contribution in [-0.2, 0) is 0 Å². The molecule has 0 aromatic rings. The molecule has 1 fully saturated rings. The van der Waals surface area contributed by atoms with Crippen LogP contribution in [0.2, 0.25) is 0 Å². The molecule has 0 bridgehead atoms. The van der Waals surface area contributed by atoms with E-state index in [-0.39, 0.29) is 11.2 Å². The summed E-state index contributed by atoms with van der Waals surface area (Å²) in [7, 11) is 0. The Balaban J connectivity index is 0.000000791. The lowest BCUT2D eigenvalue weighted by Gasteiger charge is -2.24. The van der Waals surface area contributed by atoms with Gasteiger partial charge in [0.05, 0.1) is 6.04 Å². The van der Waals surface area contributed by atoms with Crippen molar-refractivity contribution in [2.24, 2.45) is 5.16 Å². The summed E-state index contributed by atoms with van der Waals surface area (Å²) in [5, 5.41) is 11.8. The quantitative estimate of drug-likeness (QED) is 0.439. The van der Waals surface area contributed by atoms with Gasteiger partial charge in [-0.25, -0.2) is 0 Å². The third-order valence-corrected chi connectivity index (χ3v) is 2.44. The fourth-order valence-corrected chi connectivity index (χ4v) is 1.76. The van der Waals surface area contributed by atoms with Crippen LogP contribution < -0.4 is 0 Å². The van der Waals surface area contributed by atoms with Crippen LogP contribution in [0.5, 0.6) is 0 Å². The molecule has 82 valence electrons. The summed E-state index contributed by atoms with van der Waals surface area (Å²) in [6.45, 7) is 10.7. The van der Waals surface area contributed by atoms with Gasteiger partial charge in [0.25, 0.3) is 0 Å². The Labute approximate surface area is 91.0 Å². The fraction of sp³-hybridized carbons (Fsp3) is 0.700. The van der Waals surface area contributed by atoms with Crippen molar-refractivity contribution in [3.05, 3.63) is 12.3 Å². The van der Waals surface area contributed by atoms with Crippen LogP contribution in [0.3, 0.4) is 0 Å². The van der Waals surface area contributed by atoms with Gasteiger partial charge < -0.3 is 10.1 Å². The molecule has 1 saturated heterocycles. The molecule has 0 aromatic carbocycles. The Morgan fingerprint density at radius 2 is 2.14 bits per heavy atom. The maximum absolute atomic E-state index is 8.49. The molecule has 1 N–H and O–H groups in total. The van der Waals surface area contributed by atoms with E-state index in [1.54, 1.807) is 0 Å². The lowest BCUT2D eigenvalue weighted by molar-refractivity contribution is 0.309. The molecule has 1 aliphatic heterocycles. The predicted molar refractivity (Wildman–Crippen MR) is 61.0 cm³/mol. The second kappa shape index (κ2) is 6.71. The standard InChI is InChI=1S/C8H13ClN2O.C2H6/c1-6(2)11-5-3-4-7(11)8(9)10-12;1-2/h7,12H,1,3-5H2,2H3;1-2H3/b10-8-;/t7-;/m1./s1. The van der Waals surface area contributed by atoms with Crippen molar-refractivity contribution in [3.8, 4) is 0 Å². The molecule has 1 atom stereocenters. The van der Waals surface area contributed by atoms with Crippen molar-refractivity contribution in [1.29, 1.82) is 0 Å². The van der Waals surface area contributed by atoms with Crippen molar-refractivity contribution in [3.63, 3.8) is 0 Å². The summed E-state index contributed by atoms with van der Waals surface area (Å²) in [4.78, 5) is 2.06. The SMILES string of the molecule is C=C(C)N1CCC[C@@H]1/C(Cl)=N/O.CC. The number of rotatable bonds is 2. The zero-order valence-electron chi connectivity index (χ0n) is 9.13. The van der Waals surface area contributed by atoms with E-state index in [2.05, 4.69) is 16.6 Å². The predicted octanol–water partition coefficient (Wildman–Crippen LogP) is 3.04. The molecular weight excluding hydrogens is 200 g/mol. The minimum atomic E-state index is 0.0363. The van der Waals surface area contributed by atoms with Gasteiger partial charge in [0.2, 0.25) is 0 Å². The monoisotopic (exact) mass is 218 g/mol. The first-order valence-corrected chi connectivity index (χ1v) is 5.34. The number of allylic oxidation sites excluding steroid dienone is 1. The summed E-state index contributed by atoms with van der Waals surface area (Å²) in [6.07, 6.45) is 2.01. The van der Waals surface area contributed by atoms with Crippen LogP contribution in [0, 0.1) is 0 Å². The van der Waals surface area contributed by atoms with E-state index < -0.39 is 0 Å². The average molecular weight is 219 g/mol. The summed E-state index contributed by atoms with van der Waals surface area (Å²) >= 11 is 5.73. The van der Waals surface area contributed by atoms with E-state index in [9.17, 15) is 0 Å². The topological polar surface area (TPSA) is 35.8 Å². The van der Waals surface area contributed by atoms with Gasteiger partial charge in [0, 0.05) is 12.2 Å². The number of halogens is 1. The second-order valence-corrected chi connectivity index (χ2v) is 3.40. The van der Waals surface area contributed by atoms with E-state index in [0.29, 0.717) is 0 Å². The Kier molecular flexibility index (Phi) is 6.37. The zero-order valence-corrected chi connectivity index (χ0v) is 9.88. The Bertz CT molecular complexity index is 216. The molecule has 1 rings (SSSR count). The zero-order chi connectivity index (χ0) is 11.1. The third-order valence-electron chi connectivity index (χ3n) is 2.11. The smallest absolute Gasteiger partial charge is 0.167 e. The Hall–Kier alpha value is -0.700. The van der Waals surface area contributed by atoms with Gasteiger partial charge in [0.15, 0.2) is 5.17 Å². The molecule has 0 saturated carbocycles. The van der Waals surface area contributed by atoms with E-state index in [1.165, 1.54) is 0 Å². The van der Waals surface area contributed by atoms with Crippen LogP contribution in [-0.4, -0.2) is 27.9 Å². The summed E-state index contributed by atoms with van der Waals surface area (Å²) in [5.74, 6) is 0. The van der Waals surface area contributed by atoms with Crippen LogP contribution in [0.15, 0.2) is 17.4 Å². The van der Waals surface area contributed by atoms with Crippen LogP contribution in [0.1, 0.15) is 33.6 Å². The van der Waals surface area contributed by atoms with Crippen molar-refractivity contribution in [1.82, 2.24) is 4.90 Å². The van der Waals surface area contributed by atoms with Crippen LogP contribution in [0.25, 0.3) is 0 Å². The maximum atomic E-state index is 8.49. The van der Waals surface area contributed by atoms with E-state index in [0.717, 1.165) is 25.1 Å². The van der Waals surface area contributed by atoms with Crippen molar-refractivity contribution in [2.45, 2.75) is 39.7 Å². The molecule has 0 spiro atoms. The van der Waals surface area contributed by atoms with E-state index in [1.807, 2.05) is 20.8 Å². The van der Waals surface area contributed by atoms with E-state index in [4.69, 9.17) is 16.8 Å².